The Labute approximate surface area is 130 Å². The largest absolute Gasteiger partial charge is 0.389 e. The van der Waals surface area contributed by atoms with Crippen molar-refractivity contribution in [2.45, 2.75) is 50.3 Å². The molecule has 0 saturated heterocycles. The van der Waals surface area contributed by atoms with Crippen LogP contribution in [0.2, 0.25) is 0 Å². The molecule has 7 heteroatoms. The molecule has 0 radical (unpaired) electrons. The van der Waals surface area contributed by atoms with Gasteiger partial charge in [0.1, 0.15) is 9.20 Å². The number of rotatable bonds is 8. The molecule has 0 aliphatic carbocycles. The summed E-state index contributed by atoms with van der Waals surface area (Å²) in [4.78, 5) is 0.842. The van der Waals surface area contributed by atoms with Gasteiger partial charge in [0.25, 0.3) is 0 Å². The molecule has 1 atom stereocenters. The molecular formula is C13H22N2O2S3. The molecule has 0 aromatic carbocycles. The standard InChI is InChI=1S/C13H22N2O2S3/c1-9(2)5-4-6-10(3)15-20(16,17)12-8-7-11(19-12)13(14)18/h7-10,15H,4-6H2,1-3H3,(H2,14,18). The molecule has 20 heavy (non-hydrogen) atoms. The van der Waals surface area contributed by atoms with Crippen LogP contribution in [0.5, 0.6) is 0 Å². The molecule has 0 fully saturated rings. The number of nitrogens with two attached hydrogens (primary N) is 1. The summed E-state index contributed by atoms with van der Waals surface area (Å²) in [6.45, 7) is 6.22. The first kappa shape index (κ1) is 17.6. The quantitative estimate of drug-likeness (QED) is 0.717. The molecule has 1 aromatic rings. The summed E-state index contributed by atoms with van der Waals surface area (Å²) in [7, 11) is -3.47. The average Bonchev–Trinajstić information content (AvgIpc) is 2.77. The molecule has 1 heterocycles. The van der Waals surface area contributed by atoms with Gasteiger partial charge in [0.2, 0.25) is 10.0 Å². The third kappa shape index (κ3) is 5.47. The SMILES string of the molecule is CC(C)CCCC(C)NS(=O)(=O)c1ccc(C(N)=S)s1. The summed E-state index contributed by atoms with van der Waals surface area (Å²) < 4.78 is 27.3. The van der Waals surface area contributed by atoms with Crippen LogP contribution in [0.15, 0.2) is 16.3 Å². The molecule has 0 aliphatic heterocycles. The Morgan fingerprint density at radius 3 is 2.50 bits per heavy atom. The highest BCUT2D eigenvalue weighted by atomic mass is 32.2. The van der Waals surface area contributed by atoms with Gasteiger partial charge in [-0.05, 0) is 31.4 Å². The fraction of sp³-hybridized carbons (Fsp3) is 0.615. The maximum Gasteiger partial charge on any atom is 0.250 e. The molecule has 3 N–H and O–H groups in total. The van der Waals surface area contributed by atoms with Crippen LogP contribution in [0.3, 0.4) is 0 Å². The molecular weight excluding hydrogens is 312 g/mol. The first-order valence-electron chi connectivity index (χ1n) is 6.64. The predicted molar refractivity (Wildman–Crippen MR) is 88.7 cm³/mol. The summed E-state index contributed by atoms with van der Waals surface area (Å²) in [6, 6.07) is 3.11. The van der Waals surface area contributed by atoms with Gasteiger partial charge >= 0.3 is 0 Å². The molecule has 0 bridgehead atoms. The van der Waals surface area contributed by atoms with Crippen molar-refractivity contribution in [3.05, 3.63) is 17.0 Å². The van der Waals surface area contributed by atoms with Crippen molar-refractivity contribution in [1.82, 2.24) is 4.72 Å². The van der Waals surface area contributed by atoms with Crippen LogP contribution in [-0.4, -0.2) is 19.4 Å². The average molecular weight is 335 g/mol. The Morgan fingerprint density at radius 2 is 2.00 bits per heavy atom. The molecule has 4 nitrogen and oxygen atoms in total. The second kappa shape index (κ2) is 7.49. The van der Waals surface area contributed by atoms with Gasteiger partial charge in [0, 0.05) is 6.04 Å². The maximum atomic E-state index is 12.2. The van der Waals surface area contributed by atoms with Crippen molar-refractivity contribution in [2.24, 2.45) is 11.7 Å². The molecule has 114 valence electrons. The number of hydrogen-bond donors (Lipinski definition) is 2. The van der Waals surface area contributed by atoms with Crippen molar-refractivity contribution in [3.8, 4) is 0 Å². The number of sulfonamides is 1. The minimum Gasteiger partial charge on any atom is -0.389 e. The smallest absolute Gasteiger partial charge is 0.250 e. The number of thiophene rings is 1. The van der Waals surface area contributed by atoms with Crippen molar-refractivity contribution >= 4 is 38.6 Å². The van der Waals surface area contributed by atoms with Gasteiger partial charge in [-0.2, -0.15) is 0 Å². The van der Waals surface area contributed by atoms with E-state index in [1.807, 2.05) is 6.92 Å². The van der Waals surface area contributed by atoms with E-state index in [1.165, 1.54) is 0 Å². The summed E-state index contributed by atoms with van der Waals surface area (Å²) in [5.74, 6) is 0.643. The highest BCUT2D eigenvalue weighted by Crippen LogP contribution is 2.22. The molecule has 1 rings (SSSR count). The molecule has 0 amide bonds. The number of thiocarbonyl (C=S) groups is 1. The molecule has 0 saturated carbocycles. The lowest BCUT2D eigenvalue weighted by molar-refractivity contribution is 0.489. The van der Waals surface area contributed by atoms with Gasteiger partial charge in [-0.3, -0.25) is 0 Å². The van der Waals surface area contributed by atoms with Crippen LogP contribution < -0.4 is 10.5 Å². The van der Waals surface area contributed by atoms with Crippen molar-refractivity contribution in [2.75, 3.05) is 0 Å². The topological polar surface area (TPSA) is 72.2 Å². The predicted octanol–water partition coefficient (Wildman–Crippen LogP) is 2.88. The lowest BCUT2D eigenvalue weighted by Gasteiger charge is -2.13. The summed E-state index contributed by atoms with van der Waals surface area (Å²) >= 11 is 5.94. The van der Waals surface area contributed by atoms with Crippen LogP contribution in [-0.2, 0) is 10.0 Å². The van der Waals surface area contributed by atoms with E-state index in [-0.39, 0.29) is 15.2 Å². The number of nitrogens with one attached hydrogen (secondary N) is 1. The second-order valence-electron chi connectivity index (χ2n) is 5.33. The zero-order valence-corrected chi connectivity index (χ0v) is 14.5. The van der Waals surface area contributed by atoms with Crippen molar-refractivity contribution in [1.29, 1.82) is 0 Å². The summed E-state index contributed by atoms with van der Waals surface area (Å²) in [6.07, 6.45) is 2.96. The van der Waals surface area contributed by atoms with Crippen LogP contribution >= 0.6 is 23.6 Å². The zero-order chi connectivity index (χ0) is 15.3. The Bertz CT molecular complexity index is 550. The van der Waals surface area contributed by atoms with Crippen molar-refractivity contribution < 1.29 is 8.42 Å². The van der Waals surface area contributed by atoms with E-state index in [9.17, 15) is 8.42 Å². The van der Waals surface area contributed by atoms with E-state index in [1.54, 1.807) is 12.1 Å². The van der Waals surface area contributed by atoms with Crippen LogP contribution in [0.1, 0.15) is 44.9 Å². The summed E-state index contributed by atoms with van der Waals surface area (Å²) in [5.41, 5.74) is 5.49. The van der Waals surface area contributed by atoms with E-state index in [0.717, 1.165) is 30.6 Å². The van der Waals surface area contributed by atoms with Gasteiger partial charge in [-0.15, -0.1) is 11.3 Å². The first-order valence-corrected chi connectivity index (χ1v) is 9.35. The van der Waals surface area contributed by atoms with Crippen LogP contribution in [0.4, 0.5) is 0 Å². The van der Waals surface area contributed by atoms with Crippen molar-refractivity contribution in [3.63, 3.8) is 0 Å². The minimum atomic E-state index is -3.47. The normalized spacial score (nSPS) is 13.6. The highest BCUT2D eigenvalue weighted by Gasteiger charge is 2.19. The Kier molecular flexibility index (Phi) is 6.57. The van der Waals surface area contributed by atoms with E-state index in [0.29, 0.717) is 10.8 Å². The zero-order valence-electron chi connectivity index (χ0n) is 12.0. The molecule has 1 aromatic heterocycles. The minimum absolute atomic E-state index is 0.0749. The van der Waals surface area contributed by atoms with E-state index >= 15 is 0 Å². The van der Waals surface area contributed by atoms with E-state index in [4.69, 9.17) is 18.0 Å². The Morgan fingerprint density at radius 1 is 1.35 bits per heavy atom. The van der Waals surface area contributed by atoms with Crippen LogP contribution in [0, 0.1) is 5.92 Å². The summed E-state index contributed by atoms with van der Waals surface area (Å²) in [5, 5.41) is 0. The first-order chi connectivity index (χ1) is 9.22. The lowest BCUT2D eigenvalue weighted by atomic mass is 10.0. The Hall–Kier alpha value is -0.500. The van der Waals surface area contributed by atoms with Gasteiger partial charge in [-0.1, -0.05) is 38.9 Å². The highest BCUT2D eigenvalue weighted by molar-refractivity contribution is 7.91. The Balaban J connectivity index is 2.62. The van der Waals surface area contributed by atoms with Gasteiger partial charge in [-0.25, -0.2) is 13.1 Å². The third-order valence-electron chi connectivity index (χ3n) is 2.86. The van der Waals surface area contributed by atoms with Crippen LogP contribution in [0.25, 0.3) is 0 Å². The third-order valence-corrected chi connectivity index (χ3v) is 6.41. The molecule has 0 aliphatic rings. The fourth-order valence-electron chi connectivity index (χ4n) is 1.81. The van der Waals surface area contributed by atoms with Gasteiger partial charge in [0.05, 0.1) is 4.88 Å². The second-order valence-corrected chi connectivity index (χ2v) is 8.79. The van der Waals surface area contributed by atoms with E-state index in [2.05, 4.69) is 18.6 Å². The van der Waals surface area contributed by atoms with Gasteiger partial charge in [0.15, 0.2) is 0 Å². The number of hydrogen-bond acceptors (Lipinski definition) is 4. The lowest BCUT2D eigenvalue weighted by Crippen LogP contribution is -2.32. The van der Waals surface area contributed by atoms with Gasteiger partial charge < -0.3 is 5.73 Å². The fourth-order valence-corrected chi connectivity index (χ4v) is 4.46. The molecule has 1 unspecified atom stereocenters. The molecule has 0 spiro atoms. The monoisotopic (exact) mass is 334 g/mol. The maximum absolute atomic E-state index is 12.2. The van der Waals surface area contributed by atoms with E-state index < -0.39 is 10.0 Å².